The average Bonchev–Trinajstić information content (AvgIpc) is 3.61. The molecule has 0 unspecified atom stereocenters. The van der Waals surface area contributed by atoms with Crippen LogP contribution in [-0.4, -0.2) is 33.1 Å². The highest BCUT2D eigenvalue weighted by Gasteiger charge is 2.43. The van der Waals surface area contributed by atoms with Crippen LogP contribution in [0.5, 0.6) is 5.75 Å². The van der Waals surface area contributed by atoms with E-state index < -0.39 is 5.41 Å². The third-order valence-electron chi connectivity index (χ3n) is 7.88. The monoisotopic (exact) mass is 598 g/mol. The predicted octanol–water partition coefficient (Wildman–Crippen LogP) is 7.15. The summed E-state index contributed by atoms with van der Waals surface area (Å²) < 4.78 is 19.1. The molecule has 0 saturated carbocycles. The van der Waals surface area contributed by atoms with E-state index in [9.17, 15) is 4.79 Å². The van der Waals surface area contributed by atoms with E-state index in [4.69, 9.17) is 19.2 Å². The Kier molecular flexibility index (Phi) is 9.22. The first-order valence-corrected chi connectivity index (χ1v) is 15.2. The molecule has 0 spiro atoms. The van der Waals surface area contributed by atoms with Gasteiger partial charge in [-0.25, -0.2) is 9.67 Å². The highest BCUT2D eigenvalue weighted by Crippen LogP contribution is 2.46. The van der Waals surface area contributed by atoms with Crippen molar-refractivity contribution in [1.29, 1.82) is 0 Å². The minimum Gasteiger partial charge on any atom is -0.497 e. The van der Waals surface area contributed by atoms with Crippen LogP contribution in [0, 0.1) is 19.3 Å². The van der Waals surface area contributed by atoms with Crippen LogP contribution in [0.15, 0.2) is 66.7 Å². The number of benzene rings is 3. The summed E-state index contributed by atoms with van der Waals surface area (Å²) in [4.78, 5) is 19.9. The number of fused-ring (bicyclic) bond motifs is 1. The highest BCUT2D eigenvalue weighted by atomic mass is 32.1. The molecule has 0 N–H and O–H groups in total. The lowest BCUT2D eigenvalue weighted by molar-refractivity contribution is -0.156. The second-order valence-corrected chi connectivity index (χ2v) is 12.4. The maximum atomic E-state index is 13.8. The fraction of sp³-hybridized carbons (Fsp3) is 0.353. The number of aryl methyl sites for hydroxylation is 3. The van der Waals surface area contributed by atoms with Crippen molar-refractivity contribution in [2.24, 2.45) is 5.41 Å². The molecule has 0 bridgehead atoms. The number of carbonyl (C=O) groups is 1. The molecule has 0 fully saturated rings. The van der Waals surface area contributed by atoms with Crippen molar-refractivity contribution < 1.29 is 19.0 Å². The van der Waals surface area contributed by atoms with Crippen molar-refractivity contribution in [2.45, 2.75) is 66.9 Å². The summed E-state index contributed by atoms with van der Waals surface area (Å²) in [6, 6.07) is 21.7. The molecule has 2 aromatic heterocycles. The van der Waals surface area contributed by atoms with Crippen molar-refractivity contribution in [2.75, 3.05) is 7.11 Å². The van der Waals surface area contributed by atoms with Crippen LogP contribution in [0.1, 0.15) is 64.5 Å². The first-order valence-electron chi connectivity index (χ1n) is 14.4. The Hall–Kier alpha value is -4.08. The molecule has 0 amide bonds. The highest BCUT2D eigenvalue weighted by molar-refractivity contribution is 7.11. The number of ether oxygens (including phenoxy) is 3. The van der Waals surface area contributed by atoms with E-state index in [-0.39, 0.29) is 18.5 Å². The van der Waals surface area contributed by atoms with Crippen molar-refractivity contribution in [3.8, 4) is 5.75 Å². The summed E-state index contributed by atoms with van der Waals surface area (Å²) in [5, 5.41) is 9.66. The van der Waals surface area contributed by atoms with Crippen LogP contribution >= 0.6 is 11.3 Å². The van der Waals surface area contributed by atoms with E-state index in [1.807, 2.05) is 100.0 Å². The number of esters is 1. The fourth-order valence-corrected chi connectivity index (χ4v) is 6.51. The number of thiazole rings is 1. The molecule has 9 heteroatoms. The lowest BCUT2D eigenvalue weighted by atomic mass is 9.73. The molecule has 0 aliphatic rings. The summed E-state index contributed by atoms with van der Waals surface area (Å²) >= 11 is 1.59. The molecular weight excluding hydrogens is 560 g/mol. The number of rotatable bonds is 12. The zero-order chi connectivity index (χ0) is 30.6. The quantitative estimate of drug-likeness (QED) is 0.141. The van der Waals surface area contributed by atoms with Gasteiger partial charge in [0, 0.05) is 11.4 Å². The van der Waals surface area contributed by atoms with Gasteiger partial charge < -0.3 is 14.2 Å². The molecule has 0 aliphatic heterocycles. The second-order valence-electron chi connectivity index (χ2n) is 11.2. The summed E-state index contributed by atoms with van der Waals surface area (Å²) in [6.45, 7) is 11.8. The van der Waals surface area contributed by atoms with Gasteiger partial charge in [-0.3, -0.25) is 4.79 Å². The number of carbonyl (C=O) groups excluding carboxylic acids is 1. The first-order chi connectivity index (χ1) is 20.7. The van der Waals surface area contributed by atoms with Gasteiger partial charge in [-0.05, 0) is 75.1 Å². The van der Waals surface area contributed by atoms with E-state index >= 15 is 0 Å². The number of hydrogen-bond donors (Lipinski definition) is 0. The van der Waals surface area contributed by atoms with E-state index in [1.54, 1.807) is 18.4 Å². The smallest absolute Gasteiger partial charge is 0.312 e. The van der Waals surface area contributed by atoms with Gasteiger partial charge in [0.15, 0.2) is 0 Å². The normalized spacial score (nSPS) is 12.4. The number of aromatic nitrogens is 4. The SMILES string of the molecule is CCn1nnc2c(C)c([C@H](c3nc(COCc4ccc(OC)cc4)c(C)s3)C(C)(C)C(=O)OCc3ccccc3)ccc21. The Labute approximate surface area is 256 Å². The Morgan fingerprint density at radius 2 is 1.67 bits per heavy atom. The van der Waals surface area contributed by atoms with Crippen molar-refractivity contribution in [3.05, 3.63) is 105 Å². The molecule has 5 aromatic rings. The molecule has 0 radical (unpaired) electrons. The summed E-state index contributed by atoms with van der Waals surface area (Å²) in [7, 11) is 1.65. The Balaban J connectivity index is 1.46. The maximum Gasteiger partial charge on any atom is 0.312 e. The van der Waals surface area contributed by atoms with Gasteiger partial charge in [0.2, 0.25) is 0 Å². The van der Waals surface area contributed by atoms with Gasteiger partial charge in [-0.15, -0.1) is 16.4 Å². The number of nitrogens with zero attached hydrogens (tertiary/aromatic N) is 4. The van der Waals surface area contributed by atoms with Gasteiger partial charge in [0.25, 0.3) is 0 Å². The Morgan fingerprint density at radius 3 is 2.37 bits per heavy atom. The molecule has 1 atom stereocenters. The molecule has 0 saturated heterocycles. The third-order valence-corrected chi connectivity index (χ3v) is 8.95. The Morgan fingerprint density at radius 1 is 0.953 bits per heavy atom. The van der Waals surface area contributed by atoms with Gasteiger partial charge in [-0.2, -0.15) is 0 Å². The zero-order valence-corrected chi connectivity index (χ0v) is 26.4. The topological polar surface area (TPSA) is 88.4 Å². The second kappa shape index (κ2) is 13.1. The molecule has 5 rings (SSSR count). The van der Waals surface area contributed by atoms with Crippen LogP contribution in [-0.2, 0) is 40.6 Å². The molecule has 0 aliphatic carbocycles. The average molecular weight is 599 g/mol. The molecule has 43 heavy (non-hydrogen) atoms. The third kappa shape index (κ3) is 6.48. The summed E-state index contributed by atoms with van der Waals surface area (Å²) in [5.74, 6) is 0.152. The molecule has 2 heterocycles. The largest absolute Gasteiger partial charge is 0.497 e. The van der Waals surface area contributed by atoms with Crippen LogP contribution in [0.2, 0.25) is 0 Å². The molecule has 224 valence electrons. The predicted molar refractivity (Wildman–Crippen MR) is 168 cm³/mol. The maximum absolute atomic E-state index is 13.8. The minimum absolute atomic E-state index is 0.208. The Bertz CT molecular complexity index is 1690. The van der Waals surface area contributed by atoms with E-state index in [0.29, 0.717) is 13.2 Å². The standard InChI is InChI=1S/C34H38N4O4S/c1-7-38-29-18-17-27(22(2)31(29)36-37-38)30(34(4,5)33(39)42-20-24-11-9-8-10-12-24)32-35-28(23(3)43-32)21-41-19-25-13-15-26(40-6)16-14-25/h8-18,30H,7,19-21H2,1-6H3/t30-/m1/s1. The number of hydrogen-bond acceptors (Lipinski definition) is 8. The fourth-order valence-electron chi connectivity index (χ4n) is 5.28. The van der Waals surface area contributed by atoms with E-state index in [1.165, 1.54) is 0 Å². The van der Waals surface area contributed by atoms with Gasteiger partial charge in [0.05, 0.1) is 42.9 Å². The van der Waals surface area contributed by atoms with Gasteiger partial charge in [-0.1, -0.05) is 53.7 Å². The van der Waals surface area contributed by atoms with Crippen molar-refractivity contribution in [3.63, 3.8) is 0 Å². The summed E-state index contributed by atoms with van der Waals surface area (Å²) in [6.07, 6.45) is 0. The molecule has 8 nitrogen and oxygen atoms in total. The lowest BCUT2D eigenvalue weighted by Gasteiger charge is -2.32. The van der Waals surface area contributed by atoms with Crippen molar-refractivity contribution in [1.82, 2.24) is 20.0 Å². The molecule has 3 aromatic carbocycles. The van der Waals surface area contributed by atoms with Crippen LogP contribution in [0.25, 0.3) is 11.0 Å². The van der Waals surface area contributed by atoms with Crippen LogP contribution < -0.4 is 4.74 Å². The van der Waals surface area contributed by atoms with Gasteiger partial charge >= 0.3 is 5.97 Å². The van der Waals surface area contributed by atoms with E-state index in [2.05, 4.69) is 16.4 Å². The van der Waals surface area contributed by atoms with Crippen molar-refractivity contribution >= 4 is 28.3 Å². The van der Waals surface area contributed by atoms with Crippen LogP contribution in [0.3, 0.4) is 0 Å². The number of methoxy groups -OCH3 is 1. The summed E-state index contributed by atoms with van der Waals surface area (Å²) in [5.41, 5.74) is 5.69. The van der Waals surface area contributed by atoms with E-state index in [0.717, 1.165) is 61.2 Å². The lowest BCUT2D eigenvalue weighted by Crippen LogP contribution is -2.34. The van der Waals surface area contributed by atoms with Gasteiger partial charge in [0.1, 0.15) is 22.9 Å². The zero-order valence-electron chi connectivity index (χ0n) is 25.6. The first kappa shape index (κ1) is 30.4. The molecular formula is C34H38N4O4S. The minimum atomic E-state index is -0.931. The van der Waals surface area contributed by atoms with Crippen LogP contribution in [0.4, 0.5) is 0 Å².